The van der Waals surface area contributed by atoms with Crippen molar-refractivity contribution in [1.82, 2.24) is 0 Å². The summed E-state index contributed by atoms with van der Waals surface area (Å²) in [4.78, 5) is 13.3. The minimum absolute atomic E-state index is 0.721. The zero-order chi connectivity index (χ0) is 10.4. The predicted octanol–water partition coefficient (Wildman–Crippen LogP) is 2.03. The van der Waals surface area contributed by atoms with Gasteiger partial charge in [0.1, 0.15) is 0 Å². The van der Waals surface area contributed by atoms with E-state index >= 15 is 0 Å². The molecule has 0 saturated heterocycles. The average molecular weight is 213 g/mol. The van der Waals surface area contributed by atoms with Gasteiger partial charge in [-0.05, 0) is 13.0 Å². The van der Waals surface area contributed by atoms with Gasteiger partial charge in [-0.2, -0.15) is 0 Å². The minimum Gasteiger partial charge on any atom is -0.380 e. The van der Waals surface area contributed by atoms with E-state index in [1.54, 1.807) is 0 Å². The van der Waals surface area contributed by atoms with Gasteiger partial charge in [-0.25, -0.2) is 0 Å². The van der Waals surface area contributed by atoms with E-state index in [1.807, 2.05) is 25.4 Å². The molecule has 0 aromatic carbocycles. The van der Waals surface area contributed by atoms with Gasteiger partial charge in [0, 0.05) is 31.3 Å². The van der Waals surface area contributed by atoms with E-state index in [-0.39, 0.29) is 0 Å². The first-order chi connectivity index (χ1) is 6.77. The number of likely N-dealkylation sites (N-methyl/N-ethyl adjacent to an activating group) is 1. The number of hydrogen-bond acceptors (Lipinski definition) is 4. The molecule has 0 spiro atoms. The van der Waals surface area contributed by atoms with Crippen molar-refractivity contribution in [3.8, 4) is 0 Å². The molecule has 4 heteroatoms. The van der Waals surface area contributed by atoms with Crippen LogP contribution in [-0.4, -0.2) is 33.1 Å². The number of aldehydes is 1. The van der Waals surface area contributed by atoms with Gasteiger partial charge in [0.25, 0.3) is 0 Å². The zero-order valence-electron chi connectivity index (χ0n) is 8.53. The van der Waals surface area contributed by atoms with Crippen molar-refractivity contribution in [2.75, 3.05) is 31.7 Å². The van der Waals surface area contributed by atoms with Crippen LogP contribution in [0.1, 0.15) is 16.6 Å². The van der Waals surface area contributed by atoms with E-state index in [9.17, 15) is 4.79 Å². The fourth-order valence-electron chi connectivity index (χ4n) is 1.08. The lowest BCUT2D eigenvalue weighted by Gasteiger charge is -2.16. The molecule has 0 aliphatic rings. The SMILES string of the molecule is CCOCCN(C)c1csc(C=O)c1. The molecule has 14 heavy (non-hydrogen) atoms. The summed E-state index contributed by atoms with van der Waals surface area (Å²) >= 11 is 1.47. The van der Waals surface area contributed by atoms with Gasteiger partial charge in [0.05, 0.1) is 11.5 Å². The highest BCUT2D eigenvalue weighted by Crippen LogP contribution is 2.20. The molecule has 1 rings (SSSR count). The summed E-state index contributed by atoms with van der Waals surface area (Å²) in [6.07, 6.45) is 0.880. The number of hydrogen-bond donors (Lipinski definition) is 0. The maximum Gasteiger partial charge on any atom is 0.160 e. The van der Waals surface area contributed by atoms with Crippen LogP contribution in [0.15, 0.2) is 11.4 Å². The molecule has 1 aromatic heterocycles. The smallest absolute Gasteiger partial charge is 0.160 e. The summed E-state index contributed by atoms with van der Waals surface area (Å²) in [5, 5.41) is 1.98. The Bertz CT molecular complexity index is 285. The predicted molar refractivity (Wildman–Crippen MR) is 59.5 cm³/mol. The molecular weight excluding hydrogens is 198 g/mol. The molecule has 0 aliphatic carbocycles. The Morgan fingerprint density at radius 2 is 2.43 bits per heavy atom. The molecule has 0 radical (unpaired) electrons. The summed E-state index contributed by atoms with van der Waals surface area (Å²) in [5.74, 6) is 0. The lowest BCUT2D eigenvalue weighted by atomic mass is 10.4. The summed E-state index contributed by atoms with van der Waals surface area (Å²) < 4.78 is 5.25. The zero-order valence-corrected chi connectivity index (χ0v) is 9.34. The lowest BCUT2D eigenvalue weighted by molar-refractivity contribution is 0.112. The first-order valence-corrected chi connectivity index (χ1v) is 5.48. The van der Waals surface area contributed by atoms with Gasteiger partial charge in [0.2, 0.25) is 0 Å². The molecule has 0 unspecified atom stereocenters. The van der Waals surface area contributed by atoms with E-state index in [1.165, 1.54) is 11.3 Å². The summed E-state index contributed by atoms with van der Waals surface area (Å²) in [6, 6.07) is 1.89. The molecule has 0 bridgehead atoms. The van der Waals surface area contributed by atoms with Gasteiger partial charge in [-0.1, -0.05) is 0 Å². The summed E-state index contributed by atoms with van der Waals surface area (Å²) in [6.45, 7) is 4.30. The average Bonchev–Trinajstić information content (AvgIpc) is 2.66. The second kappa shape index (κ2) is 5.78. The second-order valence-corrected chi connectivity index (χ2v) is 3.89. The number of thiophene rings is 1. The molecule has 78 valence electrons. The molecule has 0 atom stereocenters. The van der Waals surface area contributed by atoms with Crippen LogP contribution in [0, 0.1) is 0 Å². The molecule has 3 nitrogen and oxygen atoms in total. The molecule has 0 fully saturated rings. The van der Waals surface area contributed by atoms with E-state index in [2.05, 4.69) is 4.90 Å². The van der Waals surface area contributed by atoms with E-state index in [0.717, 1.165) is 36.6 Å². The van der Waals surface area contributed by atoms with Gasteiger partial charge >= 0.3 is 0 Å². The molecule has 0 aliphatic heterocycles. The van der Waals surface area contributed by atoms with E-state index in [4.69, 9.17) is 4.74 Å². The van der Waals surface area contributed by atoms with E-state index < -0.39 is 0 Å². The van der Waals surface area contributed by atoms with Gasteiger partial charge in [-0.15, -0.1) is 11.3 Å². The highest BCUT2D eigenvalue weighted by molar-refractivity contribution is 7.12. The fraction of sp³-hybridized carbons (Fsp3) is 0.500. The maximum atomic E-state index is 10.5. The third kappa shape index (κ3) is 3.12. The standard InChI is InChI=1S/C10H15NO2S/c1-3-13-5-4-11(2)9-6-10(7-12)14-8-9/h6-8H,3-5H2,1-2H3. The Kier molecular flexibility index (Phi) is 4.62. The Morgan fingerprint density at radius 1 is 1.64 bits per heavy atom. The van der Waals surface area contributed by atoms with Crippen molar-refractivity contribution in [2.45, 2.75) is 6.92 Å². The topological polar surface area (TPSA) is 29.5 Å². The Labute approximate surface area is 88.3 Å². The summed E-state index contributed by atoms with van der Waals surface area (Å²) in [5.41, 5.74) is 1.08. The third-order valence-corrected chi connectivity index (χ3v) is 2.78. The Hall–Kier alpha value is -0.870. The van der Waals surface area contributed by atoms with Crippen LogP contribution in [0.4, 0.5) is 5.69 Å². The fourth-order valence-corrected chi connectivity index (χ4v) is 1.83. The van der Waals surface area contributed by atoms with Crippen LogP contribution in [0.5, 0.6) is 0 Å². The minimum atomic E-state index is 0.721. The quantitative estimate of drug-likeness (QED) is 0.535. The molecule has 0 amide bonds. The molecule has 0 saturated carbocycles. The van der Waals surface area contributed by atoms with Crippen LogP contribution in [0.2, 0.25) is 0 Å². The van der Waals surface area contributed by atoms with Crippen LogP contribution in [-0.2, 0) is 4.74 Å². The van der Waals surface area contributed by atoms with Crippen molar-refractivity contribution >= 4 is 23.3 Å². The second-order valence-electron chi connectivity index (χ2n) is 2.94. The Morgan fingerprint density at radius 3 is 3.00 bits per heavy atom. The number of carbonyl (C=O) groups excluding carboxylic acids is 1. The van der Waals surface area contributed by atoms with Crippen molar-refractivity contribution in [2.24, 2.45) is 0 Å². The van der Waals surface area contributed by atoms with Gasteiger partial charge in [0.15, 0.2) is 6.29 Å². The van der Waals surface area contributed by atoms with Crippen molar-refractivity contribution in [3.05, 3.63) is 16.3 Å². The third-order valence-electron chi connectivity index (χ3n) is 1.94. The maximum absolute atomic E-state index is 10.5. The first kappa shape index (κ1) is 11.2. The van der Waals surface area contributed by atoms with Crippen molar-refractivity contribution < 1.29 is 9.53 Å². The lowest BCUT2D eigenvalue weighted by Crippen LogP contribution is -2.21. The van der Waals surface area contributed by atoms with Gasteiger partial charge < -0.3 is 9.64 Å². The number of carbonyl (C=O) groups is 1. The highest BCUT2D eigenvalue weighted by Gasteiger charge is 2.03. The largest absolute Gasteiger partial charge is 0.380 e. The van der Waals surface area contributed by atoms with Crippen molar-refractivity contribution in [1.29, 1.82) is 0 Å². The van der Waals surface area contributed by atoms with Crippen LogP contribution >= 0.6 is 11.3 Å². The number of rotatable bonds is 6. The molecular formula is C10H15NO2S. The Balaban J connectivity index is 2.43. The monoisotopic (exact) mass is 213 g/mol. The van der Waals surface area contributed by atoms with Crippen LogP contribution in [0.3, 0.4) is 0 Å². The normalized spacial score (nSPS) is 10.1. The van der Waals surface area contributed by atoms with Crippen LogP contribution < -0.4 is 4.90 Å². The molecule has 1 aromatic rings. The van der Waals surface area contributed by atoms with Crippen molar-refractivity contribution in [3.63, 3.8) is 0 Å². The van der Waals surface area contributed by atoms with E-state index in [0.29, 0.717) is 0 Å². The summed E-state index contributed by atoms with van der Waals surface area (Å²) in [7, 11) is 2.00. The molecule has 0 N–H and O–H groups in total. The molecule has 1 heterocycles. The number of ether oxygens (including phenoxy) is 1. The number of anilines is 1. The highest BCUT2D eigenvalue weighted by atomic mass is 32.1. The van der Waals surface area contributed by atoms with Crippen LogP contribution in [0.25, 0.3) is 0 Å². The number of nitrogens with zero attached hydrogens (tertiary/aromatic N) is 1. The first-order valence-electron chi connectivity index (χ1n) is 4.60. The van der Waals surface area contributed by atoms with Gasteiger partial charge in [-0.3, -0.25) is 4.79 Å².